The van der Waals surface area contributed by atoms with Gasteiger partial charge in [0.25, 0.3) is 5.91 Å². The lowest BCUT2D eigenvalue weighted by Crippen LogP contribution is -2.28. The van der Waals surface area contributed by atoms with Crippen molar-refractivity contribution >= 4 is 12.1 Å². The van der Waals surface area contributed by atoms with Crippen molar-refractivity contribution in [3.63, 3.8) is 0 Å². The highest BCUT2D eigenvalue weighted by Crippen LogP contribution is 2.18. The van der Waals surface area contributed by atoms with Gasteiger partial charge in [0.2, 0.25) is 0 Å². The zero-order chi connectivity index (χ0) is 12.1. The van der Waals surface area contributed by atoms with E-state index in [1.807, 2.05) is 31.2 Å². The fraction of sp³-hybridized carbons (Fsp3) is 0.385. The Morgan fingerprint density at radius 3 is 2.82 bits per heavy atom. The first-order valence-corrected chi connectivity index (χ1v) is 5.75. The molecule has 0 aliphatic heterocycles. The molecular formula is C13H16N2O2. The van der Waals surface area contributed by atoms with Crippen molar-refractivity contribution in [3.05, 3.63) is 35.4 Å². The van der Waals surface area contributed by atoms with Gasteiger partial charge < -0.3 is 10.2 Å². The highest BCUT2D eigenvalue weighted by molar-refractivity contribution is 5.80. The molecule has 1 amide bonds. The molecule has 0 saturated heterocycles. The summed E-state index contributed by atoms with van der Waals surface area (Å²) in [7, 11) is 0. The minimum atomic E-state index is -0.103. The summed E-state index contributed by atoms with van der Waals surface area (Å²) in [6.45, 7) is 2.01. The molecule has 0 bridgehead atoms. The Labute approximate surface area is 101 Å². The predicted octanol–water partition coefficient (Wildman–Crippen LogP) is 1.62. The van der Waals surface area contributed by atoms with E-state index in [-0.39, 0.29) is 12.5 Å². The van der Waals surface area contributed by atoms with Gasteiger partial charge in [-0.3, -0.25) is 4.79 Å². The van der Waals surface area contributed by atoms with E-state index in [2.05, 4.69) is 10.5 Å². The Balaban J connectivity index is 1.69. The summed E-state index contributed by atoms with van der Waals surface area (Å²) in [6.07, 6.45) is 3.76. The molecule has 4 heteroatoms. The van der Waals surface area contributed by atoms with E-state index < -0.39 is 0 Å². The number of oxime groups is 1. The molecule has 4 nitrogen and oxygen atoms in total. The van der Waals surface area contributed by atoms with Gasteiger partial charge in [-0.15, -0.1) is 0 Å². The zero-order valence-electron chi connectivity index (χ0n) is 9.85. The summed E-state index contributed by atoms with van der Waals surface area (Å²) < 4.78 is 0. The molecular weight excluding hydrogens is 216 g/mol. The lowest BCUT2D eigenvalue weighted by molar-refractivity contribution is -0.125. The summed E-state index contributed by atoms with van der Waals surface area (Å²) in [4.78, 5) is 16.2. The van der Waals surface area contributed by atoms with Crippen LogP contribution in [0.1, 0.15) is 24.0 Å². The minimum absolute atomic E-state index is 0.0150. The third-order valence-corrected chi connectivity index (χ3v) is 2.49. The van der Waals surface area contributed by atoms with Gasteiger partial charge in [-0.25, -0.2) is 0 Å². The normalized spacial score (nSPS) is 14.9. The number of hydrogen-bond acceptors (Lipinski definition) is 3. The third kappa shape index (κ3) is 4.26. The van der Waals surface area contributed by atoms with E-state index in [1.54, 1.807) is 6.21 Å². The summed E-state index contributed by atoms with van der Waals surface area (Å²) in [6, 6.07) is 8.27. The summed E-state index contributed by atoms with van der Waals surface area (Å²) >= 11 is 0. The molecule has 0 atom stereocenters. The number of nitrogens with one attached hydrogen (secondary N) is 1. The fourth-order valence-electron chi connectivity index (χ4n) is 1.34. The largest absolute Gasteiger partial charge is 0.386 e. The van der Waals surface area contributed by atoms with Crippen molar-refractivity contribution in [2.45, 2.75) is 25.8 Å². The standard InChI is InChI=1S/C13H16N2O2/c1-10-2-4-11(5-3-10)8-14-17-9-13(16)15-12-6-7-12/h2-5,8,12H,6-7,9H2,1H3,(H,15,16)/b14-8-. The van der Waals surface area contributed by atoms with E-state index in [0.717, 1.165) is 18.4 Å². The quantitative estimate of drug-likeness (QED) is 0.619. The number of aryl methyl sites for hydroxylation is 1. The highest BCUT2D eigenvalue weighted by atomic mass is 16.6. The number of amides is 1. The molecule has 0 radical (unpaired) electrons. The van der Waals surface area contributed by atoms with Gasteiger partial charge in [-0.05, 0) is 25.3 Å². The van der Waals surface area contributed by atoms with Crippen LogP contribution in [0.4, 0.5) is 0 Å². The molecule has 0 spiro atoms. The second-order valence-corrected chi connectivity index (χ2v) is 4.26. The molecule has 1 N–H and O–H groups in total. The van der Waals surface area contributed by atoms with Crippen LogP contribution in [0.3, 0.4) is 0 Å². The molecule has 0 aromatic heterocycles. The first kappa shape index (κ1) is 11.6. The molecule has 1 aliphatic carbocycles. The van der Waals surface area contributed by atoms with Crippen LogP contribution in [0.25, 0.3) is 0 Å². The molecule has 90 valence electrons. The monoisotopic (exact) mass is 232 g/mol. The Morgan fingerprint density at radius 2 is 2.18 bits per heavy atom. The van der Waals surface area contributed by atoms with E-state index in [0.29, 0.717) is 6.04 Å². The van der Waals surface area contributed by atoms with Crippen LogP contribution < -0.4 is 5.32 Å². The van der Waals surface area contributed by atoms with Gasteiger partial charge >= 0.3 is 0 Å². The van der Waals surface area contributed by atoms with Gasteiger partial charge in [0.1, 0.15) is 0 Å². The second-order valence-electron chi connectivity index (χ2n) is 4.26. The van der Waals surface area contributed by atoms with Crippen molar-refractivity contribution in [2.24, 2.45) is 5.16 Å². The Bertz CT molecular complexity index is 408. The second kappa shape index (κ2) is 5.48. The number of hydrogen-bond donors (Lipinski definition) is 1. The minimum Gasteiger partial charge on any atom is -0.386 e. The molecule has 0 unspecified atom stereocenters. The molecule has 1 saturated carbocycles. The summed E-state index contributed by atoms with van der Waals surface area (Å²) in [5.41, 5.74) is 2.16. The van der Waals surface area contributed by atoms with Crippen LogP contribution in [-0.4, -0.2) is 24.8 Å². The van der Waals surface area contributed by atoms with E-state index in [4.69, 9.17) is 4.84 Å². The fourth-order valence-corrected chi connectivity index (χ4v) is 1.34. The van der Waals surface area contributed by atoms with Gasteiger partial charge in [0.05, 0.1) is 6.21 Å². The molecule has 2 rings (SSSR count). The van der Waals surface area contributed by atoms with Crippen LogP contribution >= 0.6 is 0 Å². The van der Waals surface area contributed by atoms with Crippen molar-refractivity contribution in [1.29, 1.82) is 0 Å². The Morgan fingerprint density at radius 1 is 1.47 bits per heavy atom. The molecule has 17 heavy (non-hydrogen) atoms. The lowest BCUT2D eigenvalue weighted by atomic mass is 10.2. The average molecular weight is 232 g/mol. The first-order chi connectivity index (χ1) is 8.24. The maximum Gasteiger partial charge on any atom is 0.260 e. The van der Waals surface area contributed by atoms with E-state index >= 15 is 0 Å². The highest BCUT2D eigenvalue weighted by Gasteiger charge is 2.23. The number of carbonyl (C=O) groups excluding carboxylic acids is 1. The number of benzene rings is 1. The van der Waals surface area contributed by atoms with Crippen LogP contribution in [0.15, 0.2) is 29.4 Å². The molecule has 1 aromatic carbocycles. The van der Waals surface area contributed by atoms with Crippen LogP contribution in [0, 0.1) is 6.92 Å². The maximum atomic E-state index is 11.2. The van der Waals surface area contributed by atoms with Crippen LogP contribution in [0.5, 0.6) is 0 Å². The molecule has 1 aromatic rings. The molecule has 1 fully saturated rings. The van der Waals surface area contributed by atoms with E-state index in [9.17, 15) is 4.79 Å². The number of rotatable bonds is 5. The smallest absolute Gasteiger partial charge is 0.260 e. The van der Waals surface area contributed by atoms with E-state index in [1.165, 1.54) is 5.56 Å². The lowest BCUT2D eigenvalue weighted by Gasteiger charge is -2.00. The van der Waals surface area contributed by atoms with Gasteiger partial charge in [-0.2, -0.15) is 0 Å². The van der Waals surface area contributed by atoms with Crippen molar-refractivity contribution < 1.29 is 9.63 Å². The van der Waals surface area contributed by atoms with Gasteiger partial charge in [0.15, 0.2) is 6.61 Å². The maximum absolute atomic E-state index is 11.2. The summed E-state index contributed by atoms with van der Waals surface area (Å²) in [5.74, 6) is -0.103. The van der Waals surface area contributed by atoms with Crippen molar-refractivity contribution in [1.82, 2.24) is 5.32 Å². The van der Waals surface area contributed by atoms with Crippen LogP contribution in [0.2, 0.25) is 0 Å². The van der Waals surface area contributed by atoms with Gasteiger partial charge in [0, 0.05) is 6.04 Å². The Kier molecular flexibility index (Phi) is 3.75. The number of nitrogens with zero attached hydrogens (tertiary/aromatic N) is 1. The third-order valence-electron chi connectivity index (χ3n) is 2.49. The Hall–Kier alpha value is -1.84. The predicted molar refractivity (Wildman–Crippen MR) is 65.9 cm³/mol. The average Bonchev–Trinajstić information content (AvgIpc) is 3.11. The van der Waals surface area contributed by atoms with Crippen LogP contribution in [-0.2, 0) is 9.63 Å². The van der Waals surface area contributed by atoms with Crippen molar-refractivity contribution in [3.8, 4) is 0 Å². The first-order valence-electron chi connectivity index (χ1n) is 5.75. The van der Waals surface area contributed by atoms with Gasteiger partial charge in [-0.1, -0.05) is 35.0 Å². The SMILES string of the molecule is Cc1ccc(/C=N\OCC(=O)NC2CC2)cc1. The molecule has 0 heterocycles. The number of carbonyl (C=O) groups is 1. The molecule has 1 aliphatic rings. The summed E-state index contributed by atoms with van der Waals surface area (Å²) in [5, 5.41) is 6.58. The van der Waals surface area contributed by atoms with Crippen molar-refractivity contribution in [2.75, 3.05) is 6.61 Å². The zero-order valence-corrected chi connectivity index (χ0v) is 9.85. The topological polar surface area (TPSA) is 50.7 Å².